The first kappa shape index (κ1) is 14.1. The zero-order chi connectivity index (χ0) is 14.0. The van der Waals surface area contributed by atoms with Gasteiger partial charge in [-0.25, -0.2) is 0 Å². The van der Waals surface area contributed by atoms with Crippen LogP contribution >= 0.6 is 11.6 Å². The highest BCUT2D eigenvalue weighted by molar-refractivity contribution is 6.30. The SMILES string of the molecule is NC1(CN2CCN(c3cccc(Cl)c3)CC2)CCOC1. The van der Waals surface area contributed by atoms with Crippen molar-refractivity contribution >= 4 is 17.3 Å². The molecule has 2 aliphatic rings. The number of nitrogens with two attached hydrogens (primary N) is 1. The predicted octanol–water partition coefficient (Wildman–Crippen LogP) is 1.58. The van der Waals surface area contributed by atoms with Crippen LogP contribution in [0.1, 0.15) is 6.42 Å². The van der Waals surface area contributed by atoms with E-state index >= 15 is 0 Å². The van der Waals surface area contributed by atoms with Crippen LogP contribution < -0.4 is 10.6 Å². The summed E-state index contributed by atoms with van der Waals surface area (Å²) in [6.07, 6.45) is 0.974. The van der Waals surface area contributed by atoms with E-state index in [9.17, 15) is 0 Å². The summed E-state index contributed by atoms with van der Waals surface area (Å²) in [7, 11) is 0. The Morgan fingerprint density at radius 2 is 2.05 bits per heavy atom. The number of halogens is 1. The fourth-order valence-electron chi connectivity index (χ4n) is 3.03. The highest BCUT2D eigenvalue weighted by Gasteiger charge is 2.33. The lowest BCUT2D eigenvalue weighted by Gasteiger charge is -2.39. The van der Waals surface area contributed by atoms with Crippen LogP contribution in [0.3, 0.4) is 0 Å². The van der Waals surface area contributed by atoms with Gasteiger partial charge in [0.1, 0.15) is 0 Å². The summed E-state index contributed by atoms with van der Waals surface area (Å²) < 4.78 is 5.43. The number of nitrogens with zero attached hydrogens (tertiary/aromatic N) is 2. The van der Waals surface area contributed by atoms with Crippen molar-refractivity contribution in [2.24, 2.45) is 5.73 Å². The molecule has 1 aromatic rings. The molecule has 0 saturated carbocycles. The lowest BCUT2D eigenvalue weighted by atomic mass is 9.99. The fraction of sp³-hybridized carbons (Fsp3) is 0.600. The molecular formula is C15H22ClN3O. The Labute approximate surface area is 125 Å². The van der Waals surface area contributed by atoms with Crippen molar-refractivity contribution in [3.8, 4) is 0 Å². The van der Waals surface area contributed by atoms with Crippen LogP contribution in [0.2, 0.25) is 5.02 Å². The Kier molecular flexibility index (Phi) is 4.17. The molecule has 0 radical (unpaired) electrons. The molecule has 2 heterocycles. The number of piperazine rings is 1. The van der Waals surface area contributed by atoms with E-state index in [-0.39, 0.29) is 5.54 Å². The molecule has 2 saturated heterocycles. The zero-order valence-electron chi connectivity index (χ0n) is 11.7. The van der Waals surface area contributed by atoms with E-state index in [4.69, 9.17) is 22.1 Å². The number of hydrogen-bond acceptors (Lipinski definition) is 4. The van der Waals surface area contributed by atoms with Crippen molar-refractivity contribution in [1.82, 2.24) is 4.90 Å². The van der Waals surface area contributed by atoms with Gasteiger partial charge in [0.2, 0.25) is 0 Å². The van der Waals surface area contributed by atoms with Crippen LogP contribution in [-0.4, -0.2) is 56.4 Å². The molecule has 20 heavy (non-hydrogen) atoms. The van der Waals surface area contributed by atoms with E-state index in [1.165, 1.54) is 5.69 Å². The van der Waals surface area contributed by atoms with Crippen LogP contribution in [0.15, 0.2) is 24.3 Å². The third-order valence-corrected chi connectivity index (χ3v) is 4.45. The third kappa shape index (κ3) is 3.26. The Hall–Kier alpha value is -0.810. The van der Waals surface area contributed by atoms with Gasteiger partial charge in [-0.05, 0) is 24.6 Å². The van der Waals surface area contributed by atoms with Crippen molar-refractivity contribution in [3.63, 3.8) is 0 Å². The van der Waals surface area contributed by atoms with Gasteiger partial charge in [-0.3, -0.25) is 4.90 Å². The first-order chi connectivity index (χ1) is 9.65. The van der Waals surface area contributed by atoms with Crippen molar-refractivity contribution < 1.29 is 4.74 Å². The Bertz CT molecular complexity index is 454. The van der Waals surface area contributed by atoms with Crippen molar-refractivity contribution in [3.05, 3.63) is 29.3 Å². The summed E-state index contributed by atoms with van der Waals surface area (Å²) in [4.78, 5) is 4.84. The number of anilines is 1. The van der Waals surface area contributed by atoms with Gasteiger partial charge in [0.25, 0.3) is 0 Å². The summed E-state index contributed by atoms with van der Waals surface area (Å²) in [5.41, 5.74) is 7.43. The standard InChI is InChI=1S/C15H22ClN3O/c16-13-2-1-3-14(10-13)19-7-5-18(6-8-19)11-15(17)4-9-20-12-15/h1-3,10H,4-9,11-12,17H2. The van der Waals surface area contributed by atoms with Gasteiger partial charge in [-0.15, -0.1) is 0 Å². The smallest absolute Gasteiger partial charge is 0.0659 e. The predicted molar refractivity (Wildman–Crippen MR) is 82.5 cm³/mol. The molecule has 2 N–H and O–H groups in total. The maximum atomic E-state index is 6.36. The minimum absolute atomic E-state index is 0.141. The molecule has 0 spiro atoms. The molecule has 0 aromatic heterocycles. The highest BCUT2D eigenvalue weighted by atomic mass is 35.5. The van der Waals surface area contributed by atoms with Gasteiger partial charge < -0.3 is 15.4 Å². The molecule has 1 unspecified atom stereocenters. The molecule has 3 rings (SSSR count). The van der Waals surface area contributed by atoms with E-state index in [2.05, 4.69) is 15.9 Å². The Morgan fingerprint density at radius 1 is 1.25 bits per heavy atom. The Balaban J connectivity index is 1.54. The molecule has 1 aromatic carbocycles. The largest absolute Gasteiger partial charge is 0.379 e. The first-order valence-corrected chi connectivity index (χ1v) is 7.62. The fourth-order valence-corrected chi connectivity index (χ4v) is 3.21. The van der Waals surface area contributed by atoms with Gasteiger partial charge >= 0.3 is 0 Å². The van der Waals surface area contributed by atoms with Crippen molar-refractivity contribution in [2.45, 2.75) is 12.0 Å². The number of benzene rings is 1. The first-order valence-electron chi connectivity index (χ1n) is 7.24. The van der Waals surface area contributed by atoms with Crippen LogP contribution in [0.25, 0.3) is 0 Å². The summed E-state index contributed by atoms with van der Waals surface area (Å²) in [6, 6.07) is 8.08. The second kappa shape index (κ2) is 5.90. The van der Waals surface area contributed by atoms with E-state index in [1.807, 2.05) is 18.2 Å². The summed E-state index contributed by atoms with van der Waals surface area (Å²) in [6.45, 7) is 6.59. The van der Waals surface area contributed by atoms with Crippen LogP contribution in [0.5, 0.6) is 0 Å². The van der Waals surface area contributed by atoms with Crippen LogP contribution in [-0.2, 0) is 4.74 Å². The second-order valence-corrected chi connectivity index (χ2v) is 6.34. The minimum atomic E-state index is -0.141. The summed E-state index contributed by atoms with van der Waals surface area (Å²) in [5, 5.41) is 0.800. The lowest BCUT2D eigenvalue weighted by Crippen LogP contribution is -2.55. The molecule has 1 atom stereocenters. The van der Waals surface area contributed by atoms with E-state index < -0.39 is 0 Å². The lowest BCUT2D eigenvalue weighted by molar-refractivity contribution is 0.149. The van der Waals surface area contributed by atoms with E-state index in [0.717, 1.165) is 50.8 Å². The van der Waals surface area contributed by atoms with Gasteiger partial charge in [0, 0.05) is 50.0 Å². The van der Waals surface area contributed by atoms with E-state index in [0.29, 0.717) is 6.61 Å². The van der Waals surface area contributed by atoms with Crippen LogP contribution in [0, 0.1) is 0 Å². The topological polar surface area (TPSA) is 41.7 Å². The second-order valence-electron chi connectivity index (χ2n) is 5.91. The van der Waals surface area contributed by atoms with Crippen molar-refractivity contribution in [1.29, 1.82) is 0 Å². The minimum Gasteiger partial charge on any atom is -0.379 e. The average molecular weight is 296 g/mol. The summed E-state index contributed by atoms with van der Waals surface area (Å²) >= 11 is 6.06. The van der Waals surface area contributed by atoms with E-state index in [1.54, 1.807) is 0 Å². The molecule has 5 heteroatoms. The highest BCUT2D eigenvalue weighted by Crippen LogP contribution is 2.22. The molecule has 110 valence electrons. The molecular weight excluding hydrogens is 274 g/mol. The maximum Gasteiger partial charge on any atom is 0.0659 e. The maximum absolute atomic E-state index is 6.36. The van der Waals surface area contributed by atoms with Crippen molar-refractivity contribution in [2.75, 3.05) is 50.8 Å². The average Bonchev–Trinajstić information content (AvgIpc) is 2.86. The zero-order valence-corrected chi connectivity index (χ0v) is 12.5. The molecule has 4 nitrogen and oxygen atoms in total. The summed E-state index contributed by atoms with van der Waals surface area (Å²) in [5.74, 6) is 0. The Morgan fingerprint density at radius 3 is 2.70 bits per heavy atom. The number of rotatable bonds is 3. The monoisotopic (exact) mass is 295 g/mol. The molecule has 0 aliphatic carbocycles. The molecule has 2 aliphatic heterocycles. The van der Waals surface area contributed by atoms with Gasteiger partial charge in [-0.2, -0.15) is 0 Å². The van der Waals surface area contributed by atoms with Gasteiger partial charge in [0.05, 0.1) is 12.1 Å². The normalized spacial score (nSPS) is 28.0. The number of ether oxygens (including phenoxy) is 1. The van der Waals surface area contributed by atoms with Crippen LogP contribution in [0.4, 0.5) is 5.69 Å². The molecule has 2 fully saturated rings. The quantitative estimate of drug-likeness (QED) is 0.919. The van der Waals surface area contributed by atoms with Gasteiger partial charge in [0.15, 0.2) is 0 Å². The third-order valence-electron chi connectivity index (χ3n) is 4.22. The molecule has 0 bridgehead atoms. The molecule has 0 amide bonds. The van der Waals surface area contributed by atoms with Gasteiger partial charge in [-0.1, -0.05) is 17.7 Å². The number of hydrogen-bond donors (Lipinski definition) is 1.